The number of amides is 1. The molecule has 0 saturated carbocycles. The van der Waals surface area contributed by atoms with Gasteiger partial charge >= 0.3 is 0 Å². The first kappa shape index (κ1) is 13.5. The summed E-state index contributed by atoms with van der Waals surface area (Å²) in [6.45, 7) is 0. The third-order valence-electron chi connectivity index (χ3n) is 3.03. The largest absolute Gasteiger partial charge is 0.334 e. The summed E-state index contributed by atoms with van der Waals surface area (Å²) in [6, 6.07) is 7.35. The Balaban J connectivity index is 2.02. The highest BCUT2D eigenvalue weighted by Gasteiger charge is 2.15. The second kappa shape index (κ2) is 5.14. The van der Waals surface area contributed by atoms with Crippen LogP contribution in [0.2, 0.25) is 5.15 Å². The van der Waals surface area contributed by atoms with Crippen LogP contribution < -0.4 is 5.32 Å². The summed E-state index contributed by atoms with van der Waals surface area (Å²) in [5.74, 6) is -1.00. The number of halogens is 2. The van der Waals surface area contributed by atoms with E-state index in [0.717, 1.165) is 5.52 Å². The highest BCUT2D eigenvalue weighted by atomic mass is 35.5. The Morgan fingerprint density at radius 1 is 1.38 bits per heavy atom. The van der Waals surface area contributed by atoms with Crippen LogP contribution in [0, 0.1) is 5.82 Å². The number of nitrogens with zero attached hydrogens (tertiary/aromatic N) is 3. The number of pyridine rings is 1. The van der Waals surface area contributed by atoms with Crippen LogP contribution in [0.1, 0.15) is 10.4 Å². The maximum atomic E-state index is 13.6. The van der Waals surface area contributed by atoms with Crippen LogP contribution >= 0.6 is 11.6 Å². The Morgan fingerprint density at radius 2 is 2.14 bits per heavy atom. The molecule has 0 saturated heterocycles. The van der Waals surface area contributed by atoms with Crippen molar-refractivity contribution < 1.29 is 9.18 Å². The molecule has 1 N–H and O–H groups in total. The number of carbonyl (C=O) groups is 1. The summed E-state index contributed by atoms with van der Waals surface area (Å²) >= 11 is 5.94. The van der Waals surface area contributed by atoms with Crippen molar-refractivity contribution in [3.8, 4) is 0 Å². The minimum atomic E-state index is -0.603. The normalized spacial score (nSPS) is 10.8. The standard InChI is InChI=1S/C14H10ClFN4O/c1-20-7-17-12-10(20)6-11(15)18-13(12)19-14(21)8-4-2-3-5-9(8)16/h2-7H,1H3,(H,18,19,21). The van der Waals surface area contributed by atoms with E-state index in [-0.39, 0.29) is 16.5 Å². The first-order chi connectivity index (χ1) is 10.1. The lowest BCUT2D eigenvalue weighted by molar-refractivity contribution is 0.102. The smallest absolute Gasteiger partial charge is 0.259 e. The summed E-state index contributed by atoms with van der Waals surface area (Å²) in [4.78, 5) is 20.3. The van der Waals surface area contributed by atoms with Crippen LogP contribution in [-0.4, -0.2) is 20.4 Å². The second-order valence-electron chi connectivity index (χ2n) is 4.45. The quantitative estimate of drug-likeness (QED) is 0.740. The maximum absolute atomic E-state index is 13.6. The number of fused-ring (bicyclic) bond motifs is 1. The van der Waals surface area contributed by atoms with Gasteiger partial charge in [-0.1, -0.05) is 23.7 Å². The molecule has 0 fully saturated rings. The summed E-state index contributed by atoms with van der Waals surface area (Å²) in [5.41, 5.74) is 1.15. The molecule has 1 amide bonds. The molecule has 0 atom stereocenters. The van der Waals surface area contributed by atoms with Crippen molar-refractivity contribution in [3.05, 3.63) is 53.2 Å². The number of imidazole rings is 1. The number of hydrogen-bond donors (Lipinski definition) is 1. The van der Waals surface area contributed by atoms with Gasteiger partial charge in [-0.25, -0.2) is 14.4 Å². The monoisotopic (exact) mass is 304 g/mol. The number of aryl methyl sites for hydroxylation is 1. The van der Waals surface area contributed by atoms with Crippen molar-refractivity contribution in [2.45, 2.75) is 0 Å². The number of hydrogen-bond acceptors (Lipinski definition) is 3. The van der Waals surface area contributed by atoms with E-state index < -0.39 is 11.7 Å². The molecule has 0 radical (unpaired) electrons. The van der Waals surface area contributed by atoms with Crippen molar-refractivity contribution in [2.24, 2.45) is 7.05 Å². The topological polar surface area (TPSA) is 59.8 Å². The number of benzene rings is 1. The predicted molar refractivity (Wildman–Crippen MR) is 77.9 cm³/mol. The minimum absolute atomic E-state index is 0.0663. The Hall–Kier alpha value is -2.47. The molecule has 3 aromatic rings. The van der Waals surface area contributed by atoms with Crippen LogP contribution in [0.4, 0.5) is 10.2 Å². The highest BCUT2D eigenvalue weighted by molar-refractivity contribution is 6.30. The first-order valence-corrected chi connectivity index (χ1v) is 6.47. The minimum Gasteiger partial charge on any atom is -0.334 e. The molecule has 3 rings (SSSR count). The molecule has 0 aliphatic carbocycles. The van der Waals surface area contributed by atoms with Crippen LogP contribution in [0.25, 0.3) is 11.0 Å². The zero-order valence-corrected chi connectivity index (χ0v) is 11.7. The first-order valence-electron chi connectivity index (χ1n) is 6.09. The zero-order valence-electron chi connectivity index (χ0n) is 11.0. The van der Waals surface area contributed by atoms with E-state index in [1.165, 1.54) is 18.2 Å². The summed E-state index contributed by atoms with van der Waals surface area (Å²) in [6.07, 6.45) is 1.58. The molecule has 0 bridgehead atoms. The Kier molecular flexibility index (Phi) is 3.31. The van der Waals surface area contributed by atoms with Crippen molar-refractivity contribution in [1.82, 2.24) is 14.5 Å². The molecule has 1 aromatic carbocycles. The lowest BCUT2D eigenvalue weighted by atomic mass is 10.2. The highest BCUT2D eigenvalue weighted by Crippen LogP contribution is 2.23. The van der Waals surface area contributed by atoms with Gasteiger partial charge in [0, 0.05) is 13.1 Å². The number of carbonyl (C=O) groups excluding carboxylic acids is 1. The SMILES string of the molecule is Cn1cnc2c(NC(=O)c3ccccc3F)nc(Cl)cc21. The number of aromatic nitrogens is 3. The van der Waals surface area contributed by atoms with E-state index >= 15 is 0 Å². The van der Waals surface area contributed by atoms with Gasteiger partial charge in [0.2, 0.25) is 0 Å². The van der Waals surface area contributed by atoms with Gasteiger partial charge in [0.25, 0.3) is 5.91 Å². The van der Waals surface area contributed by atoms with Gasteiger partial charge in [-0.05, 0) is 12.1 Å². The molecule has 5 nitrogen and oxygen atoms in total. The Morgan fingerprint density at radius 3 is 2.90 bits per heavy atom. The van der Waals surface area contributed by atoms with Crippen LogP contribution in [0.3, 0.4) is 0 Å². The Labute approximate surface area is 124 Å². The van der Waals surface area contributed by atoms with Gasteiger partial charge < -0.3 is 9.88 Å². The van der Waals surface area contributed by atoms with Crippen LogP contribution in [0.5, 0.6) is 0 Å². The van der Waals surface area contributed by atoms with Crippen molar-refractivity contribution in [2.75, 3.05) is 5.32 Å². The molecule has 106 valence electrons. The fraction of sp³-hybridized carbons (Fsp3) is 0.0714. The van der Waals surface area contributed by atoms with Gasteiger partial charge in [-0.15, -0.1) is 0 Å². The lowest BCUT2D eigenvalue weighted by Crippen LogP contribution is -2.15. The fourth-order valence-electron chi connectivity index (χ4n) is 2.00. The summed E-state index contributed by atoms with van der Waals surface area (Å²) in [7, 11) is 1.80. The van der Waals surface area contributed by atoms with E-state index in [4.69, 9.17) is 11.6 Å². The maximum Gasteiger partial charge on any atom is 0.259 e. The van der Waals surface area contributed by atoms with Crippen molar-refractivity contribution in [1.29, 1.82) is 0 Å². The zero-order chi connectivity index (χ0) is 15.0. The third-order valence-corrected chi connectivity index (χ3v) is 3.23. The van der Waals surface area contributed by atoms with E-state index in [1.54, 1.807) is 30.1 Å². The summed E-state index contributed by atoms with van der Waals surface area (Å²) in [5, 5.41) is 2.76. The Bertz CT molecular complexity index is 846. The van der Waals surface area contributed by atoms with E-state index in [0.29, 0.717) is 5.52 Å². The van der Waals surface area contributed by atoms with Gasteiger partial charge in [-0.2, -0.15) is 0 Å². The number of rotatable bonds is 2. The average Bonchev–Trinajstić information content (AvgIpc) is 2.81. The molecule has 2 aromatic heterocycles. The van der Waals surface area contributed by atoms with Gasteiger partial charge in [0.1, 0.15) is 16.5 Å². The van der Waals surface area contributed by atoms with E-state index in [9.17, 15) is 9.18 Å². The van der Waals surface area contributed by atoms with Gasteiger partial charge in [0.15, 0.2) is 5.82 Å². The third kappa shape index (κ3) is 2.45. The number of nitrogens with one attached hydrogen (secondary N) is 1. The summed E-state index contributed by atoms with van der Waals surface area (Å²) < 4.78 is 15.4. The van der Waals surface area contributed by atoms with Crippen LogP contribution in [0.15, 0.2) is 36.7 Å². The van der Waals surface area contributed by atoms with Crippen molar-refractivity contribution >= 4 is 34.4 Å². The molecule has 0 unspecified atom stereocenters. The van der Waals surface area contributed by atoms with E-state index in [1.807, 2.05) is 0 Å². The van der Waals surface area contributed by atoms with E-state index in [2.05, 4.69) is 15.3 Å². The average molecular weight is 305 g/mol. The van der Waals surface area contributed by atoms with Crippen LogP contribution in [-0.2, 0) is 7.05 Å². The molecule has 21 heavy (non-hydrogen) atoms. The molecule has 2 heterocycles. The predicted octanol–water partition coefficient (Wildman–Crippen LogP) is 3.01. The fourth-order valence-corrected chi connectivity index (χ4v) is 2.19. The lowest BCUT2D eigenvalue weighted by Gasteiger charge is -2.07. The van der Waals surface area contributed by atoms with Crippen molar-refractivity contribution in [3.63, 3.8) is 0 Å². The second-order valence-corrected chi connectivity index (χ2v) is 4.84. The molecular weight excluding hydrogens is 295 g/mol. The van der Waals surface area contributed by atoms with Gasteiger partial charge in [0.05, 0.1) is 17.4 Å². The molecule has 7 heteroatoms. The van der Waals surface area contributed by atoms with Gasteiger partial charge in [-0.3, -0.25) is 4.79 Å². The molecular formula is C14H10ClFN4O. The number of anilines is 1. The molecule has 0 aliphatic rings. The molecule has 0 aliphatic heterocycles. The molecule has 0 spiro atoms.